The van der Waals surface area contributed by atoms with Gasteiger partial charge in [0.05, 0.1) is 30.6 Å². The van der Waals surface area contributed by atoms with Crippen molar-refractivity contribution >= 4 is 51.2 Å². The van der Waals surface area contributed by atoms with Crippen LogP contribution < -0.4 is 0 Å². The molecule has 0 saturated carbocycles. The van der Waals surface area contributed by atoms with Gasteiger partial charge in [0.25, 0.3) is 0 Å². The lowest BCUT2D eigenvalue weighted by atomic mass is 9.82. The van der Waals surface area contributed by atoms with Crippen molar-refractivity contribution in [3.05, 3.63) is 0 Å². The molecular weight excluding hydrogens is 595 g/mol. The Morgan fingerprint density at radius 1 is 0.814 bits per heavy atom. The minimum Gasteiger partial charge on any atom is -0.465 e. The first kappa shape index (κ1) is 42.2. The van der Waals surface area contributed by atoms with Crippen LogP contribution in [0.3, 0.4) is 0 Å². The van der Waals surface area contributed by atoms with Crippen LogP contribution in [0.1, 0.15) is 157 Å². The molecule has 5 nitrogen and oxygen atoms in total. The third kappa shape index (κ3) is 23.3. The maximum Gasteiger partial charge on any atom is 0.319 e. The normalized spacial score (nSPS) is 13.6. The third-order valence-corrected chi connectivity index (χ3v) is 10.7. The van der Waals surface area contributed by atoms with Crippen molar-refractivity contribution in [1.82, 2.24) is 0 Å². The Bertz CT molecular complexity index is 784. The Balaban J connectivity index is 5.20. The molecule has 3 atom stereocenters. The van der Waals surface area contributed by atoms with E-state index >= 15 is 0 Å². The lowest BCUT2D eigenvalue weighted by molar-refractivity contribution is -0.150. The maximum atomic E-state index is 13.5. The number of nitriles is 1. The van der Waals surface area contributed by atoms with E-state index in [0.717, 1.165) is 50.7 Å². The van der Waals surface area contributed by atoms with Crippen molar-refractivity contribution in [2.75, 3.05) is 19.0 Å². The fourth-order valence-electron chi connectivity index (χ4n) is 4.90. The topological polar surface area (TPSA) is 76.4 Å². The molecule has 0 aromatic rings. The van der Waals surface area contributed by atoms with E-state index in [9.17, 15) is 14.9 Å². The molecule has 0 heterocycles. The quantitative estimate of drug-likeness (QED) is 0.0491. The number of ether oxygens (including phenoxy) is 2. The summed E-state index contributed by atoms with van der Waals surface area (Å²) in [6.07, 6.45) is 19.4. The minimum absolute atomic E-state index is 0.254. The van der Waals surface area contributed by atoms with Gasteiger partial charge in [0.15, 0.2) is 0 Å². The molecule has 0 N–H and O–H groups in total. The number of thioether (sulfide) groups is 2. The molecule has 0 fully saturated rings. The molecule has 0 rings (SSSR count). The van der Waals surface area contributed by atoms with Gasteiger partial charge in [-0.05, 0) is 57.6 Å². The van der Waals surface area contributed by atoms with Gasteiger partial charge in [-0.1, -0.05) is 135 Å². The van der Waals surface area contributed by atoms with Gasteiger partial charge in [0, 0.05) is 0 Å². The highest BCUT2D eigenvalue weighted by Crippen LogP contribution is 2.34. The first-order chi connectivity index (χ1) is 20.6. The second-order valence-electron chi connectivity index (χ2n) is 12.6. The molecule has 0 aromatic heterocycles. The number of esters is 2. The molecule has 0 aliphatic rings. The average molecular weight is 658 g/mol. The van der Waals surface area contributed by atoms with Crippen LogP contribution in [0.25, 0.3) is 0 Å². The summed E-state index contributed by atoms with van der Waals surface area (Å²) in [5.41, 5.74) is -0.716. The van der Waals surface area contributed by atoms with E-state index in [2.05, 4.69) is 26.8 Å². The van der Waals surface area contributed by atoms with E-state index < -0.39 is 16.6 Å². The van der Waals surface area contributed by atoms with Gasteiger partial charge in [0.1, 0.15) is 8.78 Å². The van der Waals surface area contributed by atoms with Crippen molar-refractivity contribution in [2.45, 2.75) is 162 Å². The van der Waals surface area contributed by atoms with Crippen molar-refractivity contribution in [3.63, 3.8) is 0 Å². The van der Waals surface area contributed by atoms with Crippen molar-refractivity contribution in [2.24, 2.45) is 17.3 Å². The Labute approximate surface area is 279 Å². The molecule has 43 heavy (non-hydrogen) atoms. The lowest BCUT2D eigenvalue weighted by Gasteiger charge is -2.26. The zero-order valence-electron chi connectivity index (χ0n) is 28.4. The van der Waals surface area contributed by atoms with E-state index in [1.807, 2.05) is 20.8 Å². The SMILES string of the molecule is CCCCCCCCCCCCSC(=S)SC(CC(CC(C)(C)C#N)C(=O)OCCCC)C(=O)OCC(CC)CCCC. The van der Waals surface area contributed by atoms with Gasteiger partial charge in [-0.2, -0.15) is 5.26 Å². The summed E-state index contributed by atoms with van der Waals surface area (Å²) < 4.78 is 12.1. The smallest absolute Gasteiger partial charge is 0.319 e. The van der Waals surface area contributed by atoms with Crippen LogP contribution in [0.4, 0.5) is 0 Å². The number of rotatable bonds is 27. The molecule has 0 amide bonds. The van der Waals surface area contributed by atoms with E-state index in [1.165, 1.54) is 69.5 Å². The highest BCUT2D eigenvalue weighted by atomic mass is 32.2. The molecule has 0 bridgehead atoms. The number of hydrogen-bond acceptors (Lipinski definition) is 8. The molecule has 0 aliphatic heterocycles. The standard InChI is InChI=1S/C35H63NO4S3/c1-7-11-14-15-16-17-18-19-20-21-24-42-34(41)43-31(33(38)40-27-29(10-4)22-12-8-2)25-30(26-35(5,6)28-36)32(37)39-23-13-9-3/h29-31H,7-27H2,1-6H3. The molecule has 8 heteroatoms. The van der Waals surface area contributed by atoms with Crippen LogP contribution in [0.5, 0.6) is 0 Å². The summed E-state index contributed by atoms with van der Waals surface area (Å²) >= 11 is 8.70. The lowest BCUT2D eigenvalue weighted by Crippen LogP contribution is -2.32. The number of carbonyl (C=O) groups excluding carboxylic acids is 2. The molecule has 0 spiro atoms. The second kappa shape index (κ2) is 27.5. The summed E-state index contributed by atoms with van der Waals surface area (Å²) in [5, 5.41) is 9.08. The molecule has 0 radical (unpaired) electrons. The molecular formula is C35H63NO4S3. The van der Waals surface area contributed by atoms with E-state index in [-0.39, 0.29) is 18.4 Å². The summed E-state index contributed by atoms with van der Waals surface area (Å²) in [7, 11) is 0. The zero-order chi connectivity index (χ0) is 32.3. The summed E-state index contributed by atoms with van der Waals surface area (Å²) in [4.78, 5) is 26.6. The van der Waals surface area contributed by atoms with Gasteiger partial charge in [0.2, 0.25) is 0 Å². The van der Waals surface area contributed by atoms with E-state index in [4.69, 9.17) is 21.7 Å². The van der Waals surface area contributed by atoms with Crippen molar-refractivity contribution in [3.8, 4) is 6.07 Å². The predicted molar refractivity (Wildman–Crippen MR) is 191 cm³/mol. The first-order valence-corrected chi connectivity index (χ1v) is 19.5. The maximum absolute atomic E-state index is 13.5. The highest BCUT2D eigenvalue weighted by molar-refractivity contribution is 8.47. The summed E-state index contributed by atoms with van der Waals surface area (Å²) in [6, 6.07) is 2.31. The van der Waals surface area contributed by atoms with Crippen LogP contribution in [0.15, 0.2) is 0 Å². The van der Waals surface area contributed by atoms with Crippen LogP contribution in [0.2, 0.25) is 0 Å². The van der Waals surface area contributed by atoms with E-state index in [0.29, 0.717) is 29.1 Å². The monoisotopic (exact) mass is 657 g/mol. The molecule has 0 saturated heterocycles. The average Bonchev–Trinajstić information content (AvgIpc) is 2.99. The summed E-state index contributed by atoms with van der Waals surface area (Å²) in [6.45, 7) is 13.0. The van der Waals surface area contributed by atoms with Crippen LogP contribution in [-0.2, 0) is 19.1 Å². The molecule has 0 aliphatic carbocycles. The molecule has 0 aromatic carbocycles. The largest absolute Gasteiger partial charge is 0.465 e. The Kier molecular flexibility index (Phi) is 27.0. The Morgan fingerprint density at radius 2 is 1.40 bits per heavy atom. The number of unbranched alkanes of at least 4 members (excludes halogenated alkanes) is 11. The van der Waals surface area contributed by atoms with Crippen LogP contribution in [0, 0.1) is 28.6 Å². The number of nitrogens with zero attached hydrogens (tertiary/aromatic N) is 1. The first-order valence-electron chi connectivity index (χ1n) is 17.2. The number of thiocarbonyl (C=S) groups is 1. The van der Waals surface area contributed by atoms with Gasteiger partial charge >= 0.3 is 11.9 Å². The van der Waals surface area contributed by atoms with Crippen LogP contribution in [-0.4, -0.2) is 39.7 Å². The highest BCUT2D eigenvalue weighted by Gasteiger charge is 2.35. The number of hydrogen-bond donors (Lipinski definition) is 0. The van der Waals surface area contributed by atoms with E-state index in [1.54, 1.807) is 11.8 Å². The van der Waals surface area contributed by atoms with Crippen LogP contribution >= 0.6 is 35.7 Å². The zero-order valence-corrected chi connectivity index (χ0v) is 30.8. The van der Waals surface area contributed by atoms with Gasteiger partial charge < -0.3 is 9.47 Å². The molecule has 250 valence electrons. The van der Waals surface area contributed by atoms with Gasteiger partial charge in [-0.25, -0.2) is 0 Å². The minimum atomic E-state index is -0.716. The van der Waals surface area contributed by atoms with Crippen molar-refractivity contribution < 1.29 is 19.1 Å². The molecule has 3 unspecified atom stereocenters. The Morgan fingerprint density at radius 3 is 1.95 bits per heavy atom. The predicted octanol–water partition coefficient (Wildman–Crippen LogP) is 11.1. The fraction of sp³-hybridized carbons (Fsp3) is 0.886. The summed E-state index contributed by atoms with van der Waals surface area (Å²) in [5.74, 6) is 0.0348. The number of carbonyl (C=O) groups is 2. The fourth-order valence-corrected chi connectivity index (χ4v) is 7.61. The second-order valence-corrected chi connectivity index (χ2v) is 16.1. The third-order valence-electron chi connectivity index (χ3n) is 7.86. The van der Waals surface area contributed by atoms with Gasteiger partial charge in [-0.3, -0.25) is 9.59 Å². The Hall–Kier alpha value is -0.780. The van der Waals surface area contributed by atoms with Crippen molar-refractivity contribution in [1.29, 1.82) is 5.26 Å². The van der Waals surface area contributed by atoms with Gasteiger partial charge in [-0.15, -0.1) is 11.8 Å².